The molecule has 0 bridgehead atoms. The van der Waals surface area contributed by atoms with Crippen LogP contribution in [0, 0.1) is 5.41 Å². The van der Waals surface area contributed by atoms with E-state index in [1.807, 2.05) is 45.0 Å². The minimum Gasteiger partial charge on any atom is -0.460 e. The number of rotatable bonds is 4. The number of esters is 1. The van der Waals surface area contributed by atoms with E-state index in [9.17, 15) is 9.59 Å². The molecule has 1 aromatic rings. The summed E-state index contributed by atoms with van der Waals surface area (Å²) in [5.41, 5.74) is 1.43. The van der Waals surface area contributed by atoms with E-state index in [2.05, 4.69) is 0 Å². The zero-order valence-electron chi connectivity index (χ0n) is 11.4. The Bertz CT molecular complexity index is 424. The van der Waals surface area contributed by atoms with Gasteiger partial charge in [0.05, 0.1) is 5.41 Å². The molecule has 0 aromatic heterocycles. The monoisotopic (exact) mass is 248 g/mol. The molecule has 0 spiro atoms. The van der Waals surface area contributed by atoms with Gasteiger partial charge < -0.3 is 4.74 Å². The molecule has 0 atom stereocenters. The summed E-state index contributed by atoms with van der Waals surface area (Å²) >= 11 is 0. The van der Waals surface area contributed by atoms with Crippen molar-refractivity contribution < 1.29 is 14.3 Å². The highest BCUT2D eigenvalue weighted by Gasteiger charge is 2.22. The Morgan fingerprint density at radius 3 is 2.00 bits per heavy atom. The van der Waals surface area contributed by atoms with E-state index in [1.54, 1.807) is 6.92 Å². The first-order chi connectivity index (χ1) is 8.29. The van der Waals surface area contributed by atoms with Crippen molar-refractivity contribution in [1.29, 1.82) is 0 Å². The standard InChI is InChI=1S/C15H20O3/c1-11(16)9-12-5-7-13(8-6-12)10-18-14(17)15(2,3)4/h5-8H,9-10H2,1-4H3. The molecule has 0 aliphatic rings. The number of carbonyl (C=O) groups is 2. The predicted molar refractivity (Wildman–Crippen MR) is 70.1 cm³/mol. The number of benzene rings is 1. The molecule has 3 heteroatoms. The molecule has 0 amide bonds. The van der Waals surface area contributed by atoms with Gasteiger partial charge in [-0.25, -0.2) is 0 Å². The maximum Gasteiger partial charge on any atom is 0.311 e. The van der Waals surface area contributed by atoms with E-state index in [1.165, 1.54) is 0 Å². The van der Waals surface area contributed by atoms with Crippen LogP contribution in [0.1, 0.15) is 38.8 Å². The third kappa shape index (κ3) is 4.70. The number of carbonyl (C=O) groups excluding carboxylic acids is 2. The number of hydrogen-bond acceptors (Lipinski definition) is 3. The maximum absolute atomic E-state index is 11.6. The van der Waals surface area contributed by atoms with Crippen LogP contribution in [-0.2, 0) is 27.4 Å². The van der Waals surface area contributed by atoms with Crippen molar-refractivity contribution in [1.82, 2.24) is 0 Å². The lowest BCUT2D eigenvalue weighted by atomic mass is 9.97. The smallest absolute Gasteiger partial charge is 0.311 e. The van der Waals surface area contributed by atoms with Gasteiger partial charge in [-0.2, -0.15) is 0 Å². The summed E-state index contributed by atoms with van der Waals surface area (Å²) in [6.45, 7) is 7.32. The van der Waals surface area contributed by atoms with Gasteiger partial charge in [-0.3, -0.25) is 9.59 Å². The number of ether oxygens (including phenoxy) is 1. The van der Waals surface area contributed by atoms with E-state index in [4.69, 9.17) is 4.74 Å². The van der Waals surface area contributed by atoms with Gasteiger partial charge in [0, 0.05) is 6.42 Å². The third-order valence-electron chi connectivity index (χ3n) is 2.46. The summed E-state index contributed by atoms with van der Waals surface area (Å²) in [7, 11) is 0. The second-order valence-electron chi connectivity index (χ2n) is 5.52. The molecule has 98 valence electrons. The molecule has 1 aromatic carbocycles. The molecular formula is C15H20O3. The molecule has 0 N–H and O–H groups in total. The summed E-state index contributed by atoms with van der Waals surface area (Å²) in [5, 5.41) is 0. The zero-order valence-corrected chi connectivity index (χ0v) is 11.4. The molecular weight excluding hydrogens is 228 g/mol. The lowest BCUT2D eigenvalue weighted by Gasteiger charge is -2.16. The average Bonchev–Trinajstić information content (AvgIpc) is 2.25. The van der Waals surface area contributed by atoms with Crippen LogP contribution in [0.25, 0.3) is 0 Å². The van der Waals surface area contributed by atoms with Gasteiger partial charge in [0.25, 0.3) is 0 Å². The Balaban J connectivity index is 2.54. The van der Waals surface area contributed by atoms with Gasteiger partial charge in [0.1, 0.15) is 12.4 Å². The molecule has 0 fully saturated rings. The Morgan fingerprint density at radius 2 is 1.56 bits per heavy atom. The van der Waals surface area contributed by atoms with Gasteiger partial charge in [-0.05, 0) is 38.8 Å². The first kappa shape index (κ1) is 14.4. The van der Waals surface area contributed by atoms with Gasteiger partial charge >= 0.3 is 5.97 Å². The lowest BCUT2D eigenvalue weighted by molar-refractivity contribution is -0.154. The van der Waals surface area contributed by atoms with Crippen molar-refractivity contribution in [2.45, 2.75) is 40.7 Å². The highest BCUT2D eigenvalue weighted by atomic mass is 16.5. The SMILES string of the molecule is CC(=O)Cc1ccc(COC(=O)C(C)(C)C)cc1. The topological polar surface area (TPSA) is 43.4 Å². The third-order valence-corrected chi connectivity index (χ3v) is 2.46. The summed E-state index contributed by atoms with van der Waals surface area (Å²) in [5.74, 6) is -0.0720. The van der Waals surface area contributed by atoms with E-state index >= 15 is 0 Å². The van der Waals surface area contributed by atoms with Gasteiger partial charge in [0.15, 0.2) is 0 Å². The van der Waals surface area contributed by atoms with Crippen LogP contribution in [0.15, 0.2) is 24.3 Å². The van der Waals surface area contributed by atoms with Crippen LogP contribution >= 0.6 is 0 Å². The van der Waals surface area contributed by atoms with E-state index in [0.29, 0.717) is 6.42 Å². The Morgan fingerprint density at radius 1 is 1.06 bits per heavy atom. The second-order valence-corrected chi connectivity index (χ2v) is 5.52. The van der Waals surface area contributed by atoms with Crippen molar-refractivity contribution in [3.63, 3.8) is 0 Å². The molecule has 0 radical (unpaired) electrons. The number of hydrogen-bond donors (Lipinski definition) is 0. The van der Waals surface area contributed by atoms with Crippen molar-refractivity contribution in [3.05, 3.63) is 35.4 Å². The minimum absolute atomic E-state index is 0.141. The number of Topliss-reactive ketones (excluding diaryl/α,β-unsaturated/α-hetero) is 1. The van der Waals surface area contributed by atoms with Gasteiger partial charge in [-0.15, -0.1) is 0 Å². The maximum atomic E-state index is 11.6. The van der Waals surface area contributed by atoms with Crippen molar-refractivity contribution in [2.75, 3.05) is 0 Å². The fourth-order valence-corrected chi connectivity index (χ4v) is 1.41. The zero-order chi connectivity index (χ0) is 13.8. The Hall–Kier alpha value is -1.64. The lowest BCUT2D eigenvalue weighted by Crippen LogP contribution is -2.22. The van der Waals surface area contributed by atoms with Crippen LogP contribution < -0.4 is 0 Å². The first-order valence-electron chi connectivity index (χ1n) is 6.03. The summed E-state index contributed by atoms with van der Waals surface area (Å²) in [6.07, 6.45) is 0.446. The summed E-state index contributed by atoms with van der Waals surface area (Å²) in [6, 6.07) is 7.55. The van der Waals surface area contributed by atoms with Crippen LogP contribution in [0.2, 0.25) is 0 Å². The molecule has 0 saturated heterocycles. The molecule has 1 rings (SSSR count). The Labute approximate surface area is 108 Å². The minimum atomic E-state index is -0.478. The number of ketones is 1. The van der Waals surface area contributed by atoms with Crippen LogP contribution in [-0.4, -0.2) is 11.8 Å². The molecule has 18 heavy (non-hydrogen) atoms. The van der Waals surface area contributed by atoms with Crippen LogP contribution in [0.3, 0.4) is 0 Å². The molecule has 0 aliphatic carbocycles. The molecule has 0 saturated carbocycles. The normalized spacial score (nSPS) is 11.1. The van der Waals surface area contributed by atoms with Gasteiger partial charge in [-0.1, -0.05) is 24.3 Å². The molecule has 0 heterocycles. The second kappa shape index (κ2) is 5.80. The molecule has 0 aliphatic heterocycles. The quantitative estimate of drug-likeness (QED) is 0.769. The van der Waals surface area contributed by atoms with Gasteiger partial charge in [0.2, 0.25) is 0 Å². The summed E-state index contributed by atoms with van der Waals surface area (Å²) < 4.78 is 5.21. The fraction of sp³-hybridized carbons (Fsp3) is 0.467. The summed E-state index contributed by atoms with van der Waals surface area (Å²) in [4.78, 5) is 22.5. The largest absolute Gasteiger partial charge is 0.460 e. The van der Waals surface area contributed by atoms with Crippen molar-refractivity contribution >= 4 is 11.8 Å². The Kier molecular flexibility index (Phi) is 4.65. The molecule has 3 nitrogen and oxygen atoms in total. The first-order valence-corrected chi connectivity index (χ1v) is 6.03. The van der Waals surface area contributed by atoms with E-state index in [0.717, 1.165) is 11.1 Å². The van der Waals surface area contributed by atoms with Crippen molar-refractivity contribution in [2.24, 2.45) is 5.41 Å². The van der Waals surface area contributed by atoms with E-state index in [-0.39, 0.29) is 18.4 Å². The predicted octanol–water partition coefficient (Wildman–Crippen LogP) is 2.91. The molecule has 0 unspecified atom stereocenters. The van der Waals surface area contributed by atoms with Crippen LogP contribution in [0.4, 0.5) is 0 Å². The van der Waals surface area contributed by atoms with Crippen LogP contribution in [0.5, 0.6) is 0 Å². The average molecular weight is 248 g/mol. The van der Waals surface area contributed by atoms with Crippen molar-refractivity contribution in [3.8, 4) is 0 Å². The highest BCUT2D eigenvalue weighted by Crippen LogP contribution is 2.16. The highest BCUT2D eigenvalue weighted by molar-refractivity contribution is 5.78. The van der Waals surface area contributed by atoms with E-state index < -0.39 is 5.41 Å². The fourth-order valence-electron chi connectivity index (χ4n) is 1.41.